The van der Waals surface area contributed by atoms with Gasteiger partial charge in [0.2, 0.25) is 5.76 Å². The number of carbonyl (C=O) groups excluding carboxylic acids is 2. The third-order valence-corrected chi connectivity index (χ3v) is 6.63. The van der Waals surface area contributed by atoms with Gasteiger partial charge in [-0.3, -0.25) is 14.4 Å². The van der Waals surface area contributed by atoms with Crippen LogP contribution in [0.25, 0.3) is 0 Å². The van der Waals surface area contributed by atoms with Crippen LogP contribution < -0.4 is 15.6 Å². The highest BCUT2D eigenvalue weighted by Gasteiger charge is 2.31. The van der Waals surface area contributed by atoms with Crippen molar-refractivity contribution < 1.29 is 23.2 Å². The molecule has 176 valence electrons. The molecule has 0 unspecified atom stereocenters. The Bertz CT molecular complexity index is 1210. The molecule has 0 saturated carbocycles. The molecular weight excluding hydrogens is 449 g/mol. The molecule has 0 aliphatic rings. The van der Waals surface area contributed by atoms with Crippen molar-refractivity contribution in [2.75, 3.05) is 38.2 Å². The highest BCUT2D eigenvalue weighted by Crippen LogP contribution is 2.46. The van der Waals surface area contributed by atoms with Crippen LogP contribution in [-0.2, 0) is 4.79 Å². The first-order chi connectivity index (χ1) is 15.5. The summed E-state index contributed by atoms with van der Waals surface area (Å²) in [6.45, 7) is 0. The van der Waals surface area contributed by atoms with Crippen molar-refractivity contribution in [2.45, 2.75) is 10.9 Å². The number of rotatable bonds is 7. The maximum Gasteiger partial charge on any atom is 0.293 e. The van der Waals surface area contributed by atoms with Crippen LogP contribution in [0.5, 0.6) is 5.75 Å². The number of H-pyrrole nitrogens is 1. The first-order valence-corrected chi connectivity index (χ1v) is 12.8. The number of aromatic amines is 1. The van der Waals surface area contributed by atoms with Gasteiger partial charge in [-0.05, 0) is 54.7 Å². The third-order valence-electron chi connectivity index (χ3n) is 4.98. The molecule has 1 aromatic heterocycles. The molecule has 0 aliphatic carbocycles. The van der Waals surface area contributed by atoms with E-state index >= 15 is 0 Å². The average molecular weight is 476 g/mol. The molecule has 2 N–H and O–H groups in total. The standard InChI is InChI=1S/C23H26FN3O5S/c1-27(23(30)18-13-20(28)26-32-18)21(14-6-9-16(31-2)10-7-14)22(29)25-15-8-11-19(17(24)12-15)33(3,4)5/h6-13,21H,1-5H3,(H,25,29)(H,26,28)/t21-/m1/s1. The van der Waals surface area contributed by atoms with Crippen LogP contribution in [-0.4, -0.2) is 54.8 Å². The number of anilines is 1. The van der Waals surface area contributed by atoms with Crippen molar-refractivity contribution in [3.63, 3.8) is 0 Å². The number of hydrogen-bond donors (Lipinski definition) is 2. The van der Waals surface area contributed by atoms with Crippen molar-refractivity contribution in [1.82, 2.24) is 10.1 Å². The van der Waals surface area contributed by atoms with E-state index < -0.39 is 39.3 Å². The topological polar surface area (TPSA) is 105 Å². The second kappa shape index (κ2) is 9.53. The highest BCUT2D eigenvalue weighted by molar-refractivity contribution is 8.32. The fourth-order valence-corrected chi connectivity index (χ4v) is 4.42. The molecule has 0 fully saturated rings. The predicted octanol–water partition coefficient (Wildman–Crippen LogP) is 3.62. The number of methoxy groups -OCH3 is 1. The van der Waals surface area contributed by atoms with E-state index in [1.165, 1.54) is 20.2 Å². The summed E-state index contributed by atoms with van der Waals surface area (Å²) in [5, 5.41) is 4.74. The SMILES string of the molecule is COc1ccc([C@H](C(=O)Nc2ccc(S(C)(C)C)c(F)c2)N(C)C(=O)c2cc(=O)[nH]o2)cc1. The van der Waals surface area contributed by atoms with Gasteiger partial charge in [-0.1, -0.05) is 12.1 Å². The van der Waals surface area contributed by atoms with E-state index in [0.29, 0.717) is 16.2 Å². The summed E-state index contributed by atoms with van der Waals surface area (Å²) in [5.41, 5.74) is 0.171. The molecule has 33 heavy (non-hydrogen) atoms. The number of likely N-dealkylation sites (N-methyl/N-ethyl adjacent to an activating group) is 1. The summed E-state index contributed by atoms with van der Waals surface area (Å²) in [6.07, 6.45) is 5.93. The van der Waals surface area contributed by atoms with E-state index in [9.17, 15) is 18.8 Å². The smallest absolute Gasteiger partial charge is 0.293 e. The van der Waals surface area contributed by atoms with E-state index in [1.807, 2.05) is 18.8 Å². The van der Waals surface area contributed by atoms with Crippen LogP contribution in [0.1, 0.15) is 22.2 Å². The van der Waals surface area contributed by atoms with Crippen molar-refractivity contribution in [3.8, 4) is 5.75 Å². The van der Waals surface area contributed by atoms with Crippen molar-refractivity contribution in [3.05, 3.63) is 76.0 Å². The fraction of sp³-hybridized carbons (Fsp3) is 0.261. The largest absolute Gasteiger partial charge is 0.497 e. The quantitative estimate of drug-likeness (QED) is 0.543. The zero-order valence-corrected chi connectivity index (χ0v) is 19.8. The zero-order chi connectivity index (χ0) is 24.3. The molecule has 3 aromatic rings. The van der Waals surface area contributed by atoms with E-state index in [4.69, 9.17) is 9.26 Å². The molecule has 2 aromatic carbocycles. The highest BCUT2D eigenvalue weighted by atomic mass is 32.3. The lowest BCUT2D eigenvalue weighted by molar-refractivity contribution is -0.120. The number of benzene rings is 2. The molecule has 2 amide bonds. The van der Waals surface area contributed by atoms with Gasteiger partial charge in [0.15, 0.2) is 0 Å². The minimum atomic E-state index is -1.29. The predicted molar refractivity (Wildman–Crippen MR) is 126 cm³/mol. The van der Waals surface area contributed by atoms with Gasteiger partial charge in [0.05, 0.1) is 13.2 Å². The maximum absolute atomic E-state index is 14.7. The molecule has 0 radical (unpaired) electrons. The van der Waals surface area contributed by atoms with Gasteiger partial charge in [-0.15, -0.1) is 0 Å². The van der Waals surface area contributed by atoms with Gasteiger partial charge in [-0.2, -0.15) is 5.16 Å². The molecule has 0 saturated heterocycles. The molecule has 3 rings (SSSR count). The summed E-state index contributed by atoms with van der Waals surface area (Å²) in [5.74, 6) is -1.32. The summed E-state index contributed by atoms with van der Waals surface area (Å²) in [7, 11) is 1.64. The summed E-state index contributed by atoms with van der Waals surface area (Å²) < 4.78 is 24.7. The van der Waals surface area contributed by atoms with Gasteiger partial charge in [0, 0.05) is 17.6 Å². The molecule has 1 atom stereocenters. The van der Waals surface area contributed by atoms with Crippen LogP contribution in [0.2, 0.25) is 0 Å². The summed E-state index contributed by atoms with van der Waals surface area (Å²) in [4.78, 5) is 39.3. The molecule has 1 heterocycles. The number of aromatic nitrogens is 1. The van der Waals surface area contributed by atoms with Gasteiger partial charge < -0.3 is 19.5 Å². The van der Waals surface area contributed by atoms with Crippen molar-refractivity contribution in [2.24, 2.45) is 0 Å². The second-order valence-corrected chi connectivity index (χ2v) is 12.3. The van der Waals surface area contributed by atoms with Gasteiger partial charge >= 0.3 is 0 Å². The Morgan fingerprint density at radius 3 is 2.30 bits per heavy atom. The Labute approximate surface area is 192 Å². The van der Waals surface area contributed by atoms with Gasteiger partial charge in [0.25, 0.3) is 17.4 Å². The molecule has 10 heteroatoms. The number of nitrogens with one attached hydrogen (secondary N) is 2. The van der Waals surface area contributed by atoms with Crippen LogP contribution in [0, 0.1) is 5.82 Å². The lowest BCUT2D eigenvalue weighted by Gasteiger charge is -2.28. The molecule has 0 bridgehead atoms. The van der Waals surface area contributed by atoms with Crippen LogP contribution in [0.4, 0.5) is 10.1 Å². The lowest BCUT2D eigenvalue weighted by atomic mass is 10.0. The fourth-order valence-electron chi connectivity index (χ4n) is 3.30. The minimum absolute atomic E-state index is 0.239. The Morgan fingerprint density at radius 1 is 1.12 bits per heavy atom. The second-order valence-electron chi connectivity index (χ2n) is 8.14. The monoisotopic (exact) mass is 475 g/mol. The zero-order valence-electron chi connectivity index (χ0n) is 19.0. The maximum atomic E-state index is 14.7. The number of ether oxygens (including phenoxy) is 1. The summed E-state index contributed by atoms with van der Waals surface area (Å²) >= 11 is 0. The lowest BCUT2D eigenvalue weighted by Crippen LogP contribution is -2.38. The third kappa shape index (κ3) is 5.46. The Balaban J connectivity index is 1.94. The van der Waals surface area contributed by atoms with E-state index in [0.717, 1.165) is 11.0 Å². The number of hydrogen-bond acceptors (Lipinski definition) is 5. The summed E-state index contributed by atoms with van der Waals surface area (Å²) in [6, 6.07) is 11.1. The van der Waals surface area contributed by atoms with Crippen LogP contribution in [0.15, 0.2) is 62.7 Å². The van der Waals surface area contributed by atoms with Gasteiger partial charge in [0.1, 0.15) is 17.6 Å². The number of carbonyl (C=O) groups is 2. The number of halogens is 1. The normalized spacial score (nSPS) is 12.7. The molecule has 0 aliphatic heterocycles. The van der Waals surface area contributed by atoms with Gasteiger partial charge in [-0.25, -0.2) is 14.4 Å². The number of amides is 2. The Kier molecular flexibility index (Phi) is 6.97. The van der Waals surface area contributed by atoms with E-state index in [1.54, 1.807) is 36.4 Å². The van der Waals surface area contributed by atoms with Crippen LogP contribution in [0.3, 0.4) is 0 Å². The van der Waals surface area contributed by atoms with Crippen LogP contribution >= 0.6 is 10.0 Å². The molecular formula is C23H26FN3O5S. The average Bonchev–Trinajstić information content (AvgIpc) is 3.19. The van der Waals surface area contributed by atoms with Crippen molar-refractivity contribution in [1.29, 1.82) is 0 Å². The first kappa shape index (κ1) is 24.1. The minimum Gasteiger partial charge on any atom is -0.497 e. The van der Waals surface area contributed by atoms with E-state index in [-0.39, 0.29) is 11.4 Å². The van der Waals surface area contributed by atoms with E-state index in [2.05, 4.69) is 10.5 Å². The molecule has 0 spiro atoms. The van der Waals surface area contributed by atoms with Crippen molar-refractivity contribution >= 4 is 27.5 Å². The first-order valence-electron chi connectivity index (χ1n) is 9.89. The Hall–Kier alpha value is -3.53. The number of nitrogens with zero attached hydrogens (tertiary/aromatic N) is 1. The molecule has 8 nitrogen and oxygen atoms in total. The Morgan fingerprint density at radius 2 is 1.79 bits per heavy atom.